The summed E-state index contributed by atoms with van der Waals surface area (Å²) in [7, 11) is 0. The van der Waals surface area contributed by atoms with Crippen LogP contribution in [0.25, 0.3) is 0 Å². The summed E-state index contributed by atoms with van der Waals surface area (Å²) in [6.45, 7) is 3.77. The number of unbranched alkanes of at least 4 members (excludes halogenated alkanes) is 33. The average Bonchev–Trinajstić information content (AvgIpc) is 3.34. The van der Waals surface area contributed by atoms with Gasteiger partial charge in [-0.25, -0.2) is 0 Å². The average molecular weight is 961 g/mol. The molecule has 0 saturated carbocycles. The molecule has 1 saturated heterocycles. The standard InChI is InChI=1S/C59H109NO8/c1-3-5-7-9-11-13-15-17-19-21-23-25-27-29-31-33-35-37-39-41-43-45-47-49-55(63)60-52(51-67-59-58(66)57(65)56(64)54(50-61)68-59)53(62)48-46-44-42-40-38-36-34-32-30-28-26-24-22-20-18-16-14-12-10-8-6-4-2/h15,17,21,23,38,40,46,48,52-54,56-59,61-62,64-66H,3-14,16,18-20,22,24-37,39,41-45,47,49-51H2,1-2H3,(H,60,63)/b17-15-,23-21-,40-38+,48-46+. The van der Waals surface area contributed by atoms with Crippen molar-refractivity contribution in [2.75, 3.05) is 13.2 Å². The topological polar surface area (TPSA) is 149 Å². The molecular weight excluding hydrogens is 851 g/mol. The summed E-state index contributed by atoms with van der Waals surface area (Å²) in [5, 5.41) is 54.5. The molecule has 398 valence electrons. The first-order chi connectivity index (χ1) is 33.3. The Morgan fingerprint density at radius 3 is 1.32 bits per heavy atom. The minimum absolute atomic E-state index is 0.187. The van der Waals surface area contributed by atoms with Gasteiger partial charge in [-0.3, -0.25) is 4.79 Å². The highest BCUT2D eigenvalue weighted by molar-refractivity contribution is 5.76. The van der Waals surface area contributed by atoms with Crippen molar-refractivity contribution in [3.8, 4) is 0 Å². The van der Waals surface area contributed by atoms with Gasteiger partial charge in [0.05, 0.1) is 25.4 Å². The van der Waals surface area contributed by atoms with Gasteiger partial charge in [0, 0.05) is 6.42 Å². The summed E-state index contributed by atoms with van der Waals surface area (Å²) >= 11 is 0. The molecule has 6 N–H and O–H groups in total. The van der Waals surface area contributed by atoms with E-state index in [2.05, 4.69) is 55.6 Å². The molecule has 1 rings (SSSR count). The highest BCUT2D eigenvalue weighted by Crippen LogP contribution is 2.23. The Kier molecular flexibility index (Phi) is 46.0. The lowest BCUT2D eigenvalue weighted by atomic mass is 9.99. The summed E-state index contributed by atoms with van der Waals surface area (Å²) in [6.07, 6.45) is 57.4. The van der Waals surface area contributed by atoms with E-state index in [1.807, 2.05) is 6.08 Å². The molecule has 0 aliphatic carbocycles. The Morgan fingerprint density at radius 2 is 0.882 bits per heavy atom. The predicted molar refractivity (Wildman–Crippen MR) is 286 cm³/mol. The van der Waals surface area contributed by atoms with E-state index in [0.29, 0.717) is 6.42 Å². The smallest absolute Gasteiger partial charge is 0.220 e. The van der Waals surface area contributed by atoms with Crippen molar-refractivity contribution in [2.24, 2.45) is 0 Å². The SMILES string of the molecule is CCCCCCC/C=C\C/C=C\CCCCCCCCCCCCCC(=O)NC(COC1OC(CO)C(O)C(O)C1O)C(O)/C=C/CC/C=C/CCCCCCCCCCCCCCCCCC. The first-order valence-corrected chi connectivity index (χ1v) is 28.9. The highest BCUT2D eigenvalue weighted by Gasteiger charge is 2.44. The summed E-state index contributed by atoms with van der Waals surface area (Å²) in [5.41, 5.74) is 0. The largest absolute Gasteiger partial charge is 0.394 e. The van der Waals surface area contributed by atoms with Crippen molar-refractivity contribution in [1.29, 1.82) is 0 Å². The Balaban J connectivity index is 2.26. The fourth-order valence-corrected chi connectivity index (χ4v) is 9.03. The summed E-state index contributed by atoms with van der Waals surface area (Å²) < 4.78 is 11.3. The minimum atomic E-state index is -1.57. The molecule has 0 radical (unpaired) electrons. The number of aliphatic hydroxyl groups excluding tert-OH is 5. The highest BCUT2D eigenvalue weighted by atomic mass is 16.7. The van der Waals surface area contributed by atoms with Gasteiger partial charge in [-0.15, -0.1) is 0 Å². The molecule has 68 heavy (non-hydrogen) atoms. The van der Waals surface area contributed by atoms with Crippen LogP contribution in [-0.4, -0.2) is 87.5 Å². The first kappa shape index (κ1) is 64.2. The number of amides is 1. The molecule has 0 aromatic carbocycles. The third-order valence-corrected chi connectivity index (χ3v) is 13.6. The number of ether oxygens (including phenoxy) is 2. The van der Waals surface area contributed by atoms with Gasteiger partial charge < -0.3 is 40.3 Å². The van der Waals surface area contributed by atoms with E-state index >= 15 is 0 Å². The number of aliphatic hydroxyl groups is 5. The van der Waals surface area contributed by atoms with Gasteiger partial charge in [0.25, 0.3) is 0 Å². The van der Waals surface area contributed by atoms with Crippen LogP contribution in [0.2, 0.25) is 0 Å². The van der Waals surface area contributed by atoms with Crippen LogP contribution in [0.1, 0.15) is 264 Å². The number of carbonyl (C=O) groups is 1. The third-order valence-electron chi connectivity index (χ3n) is 13.6. The number of hydrogen-bond acceptors (Lipinski definition) is 8. The minimum Gasteiger partial charge on any atom is -0.394 e. The van der Waals surface area contributed by atoms with E-state index in [0.717, 1.165) is 44.9 Å². The normalized spacial score (nSPS) is 19.9. The van der Waals surface area contributed by atoms with E-state index in [1.165, 1.54) is 199 Å². The maximum atomic E-state index is 13.1. The monoisotopic (exact) mass is 960 g/mol. The third kappa shape index (κ3) is 37.9. The van der Waals surface area contributed by atoms with Crippen LogP contribution < -0.4 is 5.32 Å². The Morgan fingerprint density at radius 1 is 0.500 bits per heavy atom. The predicted octanol–water partition coefficient (Wildman–Crippen LogP) is 14.1. The van der Waals surface area contributed by atoms with E-state index in [-0.39, 0.29) is 12.5 Å². The van der Waals surface area contributed by atoms with Gasteiger partial charge in [0.15, 0.2) is 6.29 Å². The fraction of sp³-hybridized carbons (Fsp3) is 0.847. The molecule has 0 aromatic heterocycles. The summed E-state index contributed by atoms with van der Waals surface area (Å²) in [5.74, 6) is -0.187. The number of hydrogen-bond donors (Lipinski definition) is 6. The fourth-order valence-electron chi connectivity index (χ4n) is 9.03. The summed E-state index contributed by atoms with van der Waals surface area (Å²) in [6, 6.07) is -0.824. The molecule has 1 aliphatic rings. The van der Waals surface area contributed by atoms with Crippen LogP contribution in [0.3, 0.4) is 0 Å². The van der Waals surface area contributed by atoms with Crippen molar-refractivity contribution in [2.45, 2.75) is 307 Å². The van der Waals surface area contributed by atoms with E-state index in [9.17, 15) is 30.3 Å². The van der Waals surface area contributed by atoms with E-state index in [4.69, 9.17) is 9.47 Å². The van der Waals surface area contributed by atoms with Crippen LogP contribution in [0.15, 0.2) is 48.6 Å². The number of allylic oxidation sites excluding steroid dienone is 7. The second kappa shape index (κ2) is 48.8. The molecule has 0 bridgehead atoms. The second-order valence-electron chi connectivity index (χ2n) is 20.1. The van der Waals surface area contributed by atoms with Gasteiger partial charge in [-0.1, -0.05) is 242 Å². The van der Waals surface area contributed by atoms with Gasteiger partial charge >= 0.3 is 0 Å². The zero-order chi connectivity index (χ0) is 49.4. The molecule has 0 aromatic rings. The van der Waals surface area contributed by atoms with Gasteiger partial charge in [-0.05, 0) is 64.2 Å². The molecule has 9 nitrogen and oxygen atoms in total. The maximum absolute atomic E-state index is 13.1. The zero-order valence-corrected chi connectivity index (χ0v) is 44.1. The van der Waals surface area contributed by atoms with E-state index < -0.39 is 49.5 Å². The summed E-state index contributed by atoms with van der Waals surface area (Å²) in [4.78, 5) is 13.1. The van der Waals surface area contributed by atoms with Crippen LogP contribution in [0.5, 0.6) is 0 Å². The van der Waals surface area contributed by atoms with E-state index in [1.54, 1.807) is 6.08 Å². The number of rotatable bonds is 49. The van der Waals surface area contributed by atoms with Crippen LogP contribution in [0.4, 0.5) is 0 Å². The Bertz CT molecular complexity index is 1210. The van der Waals surface area contributed by atoms with Crippen molar-refractivity contribution in [3.05, 3.63) is 48.6 Å². The Labute approximate surface area is 418 Å². The van der Waals surface area contributed by atoms with Crippen molar-refractivity contribution in [1.82, 2.24) is 5.32 Å². The van der Waals surface area contributed by atoms with Gasteiger partial charge in [0.2, 0.25) is 5.91 Å². The number of nitrogens with one attached hydrogen (secondary N) is 1. The molecular formula is C59H109NO8. The lowest BCUT2D eigenvalue weighted by molar-refractivity contribution is -0.302. The molecule has 7 atom stereocenters. The van der Waals surface area contributed by atoms with Gasteiger partial charge in [0.1, 0.15) is 24.4 Å². The quantitative estimate of drug-likeness (QED) is 0.0261. The first-order valence-electron chi connectivity index (χ1n) is 28.9. The molecule has 1 fully saturated rings. The van der Waals surface area contributed by atoms with Crippen LogP contribution in [-0.2, 0) is 14.3 Å². The maximum Gasteiger partial charge on any atom is 0.220 e. The lowest BCUT2D eigenvalue weighted by Crippen LogP contribution is -2.60. The van der Waals surface area contributed by atoms with Crippen LogP contribution >= 0.6 is 0 Å². The van der Waals surface area contributed by atoms with Crippen molar-refractivity contribution >= 4 is 5.91 Å². The Hall–Kier alpha value is -1.85. The van der Waals surface area contributed by atoms with Gasteiger partial charge in [-0.2, -0.15) is 0 Å². The number of carbonyl (C=O) groups excluding carboxylic acids is 1. The molecule has 1 amide bonds. The second-order valence-corrected chi connectivity index (χ2v) is 20.1. The molecule has 9 heteroatoms. The van der Waals surface area contributed by atoms with Crippen molar-refractivity contribution < 1.29 is 39.8 Å². The molecule has 0 spiro atoms. The molecule has 1 aliphatic heterocycles. The lowest BCUT2D eigenvalue weighted by Gasteiger charge is -2.40. The molecule has 1 heterocycles. The van der Waals surface area contributed by atoms with Crippen LogP contribution in [0, 0.1) is 0 Å². The zero-order valence-electron chi connectivity index (χ0n) is 44.1. The van der Waals surface area contributed by atoms with Crippen molar-refractivity contribution in [3.63, 3.8) is 0 Å². The molecule has 7 unspecified atom stereocenters.